The summed E-state index contributed by atoms with van der Waals surface area (Å²) in [5, 5.41) is 1.44. The summed E-state index contributed by atoms with van der Waals surface area (Å²) in [4.78, 5) is 5.27. The maximum absolute atomic E-state index is 6.66. The highest BCUT2D eigenvalue weighted by Crippen LogP contribution is 2.34. The van der Waals surface area contributed by atoms with Crippen molar-refractivity contribution in [1.29, 1.82) is 0 Å². The molecule has 0 radical (unpaired) electrons. The molecule has 3 nitrogen and oxygen atoms in total. The van der Waals surface area contributed by atoms with E-state index < -0.39 is 5.50 Å². The molecule has 2 unspecified atom stereocenters. The van der Waals surface area contributed by atoms with Crippen LogP contribution in [-0.2, 0) is 4.74 Å². The smallest absolute Gasteiger partial charge is 0.139 e. The van der Waals surface area contributed by atoms with Gasteiger partial charge in [-0.05, 0) is 48.4 Å². The average molecular weight is 442 g/mol. The quantitative estimate of drug-likeness (QED) is 0.206. The molecule has 0 N–H and O–H groups in total. The van der Waals surface area contributed by atoms with E-state index in [1.165, 1.54) is 4.90 Å². The van der Waals surface area contributed by atoms with Crippen molar-refractivity contribution >= 4 is 46.6 Å². The predicted octanol–water partition coefficient (Wildman–Crippen LogP) is 6.87. The van der Waals surface area contributed by atoms with Gasteiger partial charge >= 0.3 is 0 Å². The Kier molecular flexibility index (Phi) is 7.92. The van der Waals surface area contributed by atoms with Crippen molar-refractivity contribution in [2.45, 2.75) is 22.9 Å². The van der Waals surface area contributed by atoms with Gasteiger partial charge in [0, 0.05) is 39.7 Å². The molecule has 0 amide bonds. The molecule has 0 fully saturated rings. The van der Waals surface area contributed by atoms with Crippen molar-refractivity contribution in [3.05, 3.63) is 82.9 Å². The van der Waals surface area contributed by atoms with Gasteiger partial charge in [-0.3, -0.25) is 0 Å². The number of hydrogen-bond donors (Lipinski definition) is 0. The minimum atomic E-state index is -0.391. The fraction of sp³-hybridized carbons (Fsp3) is 0.250. The van der Waals surface area contributed by atoms with Gasteiger partial charge in [-0.25, -0.2) is 4.98 Å². The van der Waals surface area contributed by atoms with E-state index in [4.69, 9.17) is 39.5 Å². The van der Waals surface area contributed by atoms with E-state index in [0.29, 0.717) is 11.6 Å². The molecule has 0 bridgehead atoms. The number of imidazole rings is 1. The normalized spacial score (nSPS) is 13.4. The summed E-state index contributed by atoms with van der Waals surface area (Å²) in [5.41, 5.74) is 0.594. The summed E-state index contributed by atoms with van der Waals surface area (Å²) in [6.07, 6.45) is 5.85. The van der Waals surface area contributed by atoms with Crippen molar-refractivity contribution in [3.8, 4) is 0 Å². The van der Waals surface area contributed by atoms with Crippen LogP contribution in [0.25, 0.3) is 0 Å². The van der Waals surface area contributed by atoms with Crippen molar-refractivity contribution in [2.24, 2.45) is 0 Å². The van der Waals surface area contributed by atoms with E-state index in [0.717, 1.165) is 22.8 Å². The number of alkyl halides is 1. The van der Waals surface area contributed by atoms with Crippen LogP contribution in [0.1, 0.15) is 23.6 Å². The van der Waals surface area contributed by atoms with Crippen molar-refractivity contribution in [1.82, 2.24) is 9.55 Å². The van der Waals surface area contributed by atoms with Gasteiger partial charge in [0.25, 0.3) is 0 Å². The molecule has 7 heteroatoms. The van der Waals surface area contributed by atoms with Gasteiger partial charge in [0.1, 0.15) is 11.6 Å². The average Bonchev–Trinajstić information content (AvgIpc) is 3.21. The maximum atomic E-state index is 6.66. The molecule has 142 valence electrons. The van der Waals surface area contributed by atoms with Gasteiger partial charge < -0.3 is 9.30 Å². The molecule has 2 atom stereocenters. The first-order chi connectivity index (χ1) is 13.1. The van der Waals surface area contributed by atoms with Crippen molar-refractivity contribution < 1.29 is 4.74 Å². The lowest BCUT2D eigenvalue weighted by atomic mass is 10.1. The molecule has 1 heterocycles. The van der Waals surface area contributed by atoms with E-state index in [9.17, 15) is 0 Å². The Morgan fingerprint density at radius 3 is 2.30 bits per heavy atom. The third-order valence-electron chi connectivity index (χ3n) is 3.93. The number of aromatic nitrogens is 2. The number of ether oxygens (including phenoxy) is 1. The van der Waals surface area contributed by atoms with Crippen LogP contribution in [0.4, 0.5) is 0 Å². The minimum absolute atomic E-state index is 0.293. The minimum Gasteiger partial charge on any atom is -0.370 e. The largest absolute Gasteiger partial charge is 0.370 e. The van der Waals surface area contributed by atoms with Crippen LogP contribution < -0.4 is 0 Å². The van der Waals surface area contributed by atoms with Gasteiger partial charge in [-0.1, -0.05) is 46.9 Å². The molecule has 0 spiro atoms. The third-order valence-corrected chi connectivity index (χ3v) is 5.98. The summed E-state index contributed by atoms with van der Waals surface area (Å²) in [5.74, 6) is 0.951. The Balaban J connectivity index is 1.56. The van der Waals surface area contributed by atoms with E-state index in [1.807, 2.05) is 59.3 Å². The predicted molar refractivity (Wildman–Crippen MR) is 114 cm³/mol. The third kappa shape index (κ3) is 6.16. The lowest BCUT2D eigenvalue weighted by Gasteiger charge is -2.24. The highest BCUT2D eigenvalue weighted by atomic mass is 35.5. The summed E-state index contributed by atoms with van der Waals surface area (Å²) in [6.45, 7) is 0.603. The summed E-state index contributed by atoms with van der Waals surface area (Å²) < 4.78 is 7.99. The monoisotopic (exact) mass is 440 g/mol. The summed E-state index contributed by atoms with van der Waals surface area (Å²) >= 11 is 20.4. The molecular weight excluding hydrogens is 423 g/mol. The molecule has 2 aromatic carbocycles. The van der Waals surface area contributed by atoms with Gasteiger partial charge in [0.2, 0.25) is 0 Å². The number of rotatable bonds is 9. The molecule has 27 heavy (non-hydrogen) atoms. The van der Waals surface area contributed by atoms with Crippen LogP contribution in [0, 0.1) is 0 Å². The first kappa shape index (κ1) is 20.6. The van der Waals surface area contributed by atoms with Gasteiger partial charge in [0.15, 0.2) is 0 Å². The van der Waals surface area contributed by atoms with Crippen LogP contribution >= 0.6 is 46.6 Å². The Labute approximate surface area is 178 Å². The number of halogens is 3. The topological polar surface area (TPSA) is 27.1 Å². The summed E-state index contributed by atoms with van der Waals surface area (Å²) in [7, 11) is 0. The van der Waals surface area contributed by atoms with Crippen LogP contribution in [-0.4, -0.2) is 21.9 Å². The molecule has 0 saturated heterocycles. The van der Waals surface area contributed by atoms with E-state index >= 15 is 0 Å². The van der Waals surface area contributed by atoms with Gasteiger partial charge in [0.05, 0.1) is 6.33 Å². The zero-order chi connectivity index (χ0) is 19.1. The van der Waals surface area contributed by atoms with Crippen LogP contribution in [0.2, 0.25) is 10.0 Å². The standard InChI is InChI=1S/C20H19Cl3N2OS/c21-16-4-2-15(3-5-16)19(20(23)25-11-10-24-14-25)26-12-1-13-27-18-8-6-17(22)7-9-18/h2-11,14,19-20H,1,12-13H2. The second-order valence-electron chi connectivity index (χ2n) is 5.88. The Bertz CT molecular complexity index is 810. The number of nitrogens with zero attached hydrogens (tertiary/aromatic N) is 2. The fourth-order valence-electron chi connectivity index (χ4n) is 2.55. The van der Waals surface area contributed by atoms with Crippen molar-refractivity contribution in [2.75, 3.05) is 12.4 Å². The zero-order valence-electron chi connectivity index (χ0n) is 14.5. The molecule has 0 saturated carbocycles. The van der Waals surface area contributed by atoms with E-state index in [1.54, 1.807) is 24.3 Å². The van der Waals surface area contributed by atoms with E-state index in [-0.39, 0.29) is 6.10 Å². The zero-order valence-corrected chi connectivity index (χ0v) is 17.6. The SMILES string of the molecule is Clc1ccc(SCCCOC(c2ccc(Cl)cc2)C(Cl)n2ccnc2)cc1. The van der Waals surface area contributed by atoms with Crippen LogP contribution in [0.15, 0.2) is 72.1 Å². The summed E-state index contributed by atoms with van der Waals surface area (Å²) in [6, 6.07) is 15.4. The molecule has 0 aliphatic rings. The number of hydrogen-bond acceptors (Lipinski definition) is 3. The van der Waals surface area contributed by atoms with Gasteiger partial charge in [-0.15, -0.1) is 11.8 Å². The second-order valence-corrected chi connectivity index (χ2v) is 8.37. The first-order valence-electron chi connectivity index (χ1n) is 8.50. The van der Waals surface area contributed by atoms with Crippen LogP contribution in [0.5, 0.6) is 0 Å². The molecule has 1 aromatic heterocycles. The number of benzene rings is 2. The molecule has 3 rings (SSSR count). The molecule has 3 aromatic rings. The first-order valence-corrected chi connectivity index (χ1v) is 10.7. The van der Waals surface area contributed by atoms with Crippen molar-refractivity contribution in [3.63, 3.8) is 0 Å². The molecule has 0 aliphatic heterocycles. The van der Waals surface area contributed by atoms with Crippen LogP contribution in [0.3, 0.4) is 0 Å². The second kappa shape index (κ2) is 10.4. The maximum Gasteiger partial charge on any atom is 0.139 e. The Hall–Kier alpha value is -1.17. The highest BCUT2D eigenvalue weighted by molar-refractivity contribution is 7.99. The highest BCUT2D eigenvalue weighted by Gasteiger charge is 2.23. The number of thioether (sulfide) groups is 1. The Morgan fingerprint density at radius 1 is 1.00 bits per heavy atom. The van der Waals surface area contributed by atoms with E-state index in [2.05, 4.69) is 4.98 Å². The lowest BCUT2D eigenvalue weighted by Crippen LogP contribution is -2.16. The Morgan fingerprint density at radius 2 is 1.67 bits per heavy atom. The van der Waals surface area contributed by atoms with Gasteiger partial charge in [-0.2, -0.15) is 0 Å². The molecule has 0 aliphatic carbocycles. The fourth-order valence-corrected chi connectivity index (χ4v) is 3.96. The lowest BCUT2D eigenvalue weighted by molar-refractivity contribution is 0.0367. The molecular formula is C20H19Cl3N2OS.